The summed E-state index contributed by atoms with van der Waals surface area (Å²) in [6, 6.07) is 0. The van der Waals surface area contributed by atoms with Crippen molar-refractivity contribution < 1.29 is 13.9 Å². The van der Waals surface area contributed by atoms with Crippen LogP contribution in [0, 0.1) is 22.2 Å². The maximum Gasteiger partial charge on any atom is 0.312 e. The molecule has 0 aromatic heterocycles. The molecular formula is C19H36FNO2. The number of hydrogen-bond acceptors (Lipinski definition) is 3. The largest absolute Gasteiger partial charge is 0.465 e. The highest BCUT2D eigenvalue weighted by molar-refractivity contribution is 5.78. The lowest BCUT2D eigenvalue weighted by molar-refractivity contribution is -0.200. The third kappa shape index (κ3) is 3.04. The Morgan fingerprint density at radius 3 is 2.13 bits per heavy atom. The van der Waals surface area contributed by atoms with Crippen LogP contribution in [0.4, 0.5) is 4.39 Å². The van der Waals surface area contributed by atoms with Gasteiger partial charge in [0.1, 0.15) is 0 Å². The van der Waals surface area contributed by atoms with Crippen LogP contribution in [-0.4, -0.2) is 36.9 Å². The molecule has 1 aliphatic heterocycles. The third-order valence-corrected chi connectivity index (χ3v) is 6.51. The van der Waals surface area contributed by atoms with Crippen LogP contribution in [0.5, 0.6) is 0 Å². The Morgan fingerprint density at radius 2 is 1.78 bits per heavy atom. The summed E-state index contributed by atoms with van der Waals surface area (Å²) in [4.78, 5) is 14.1. The Morgan fingerprint density at radius 1 is 1.26 bits per heavy atom. The minimum absolute atomic E-state index is 0.107. The van der Waals surface area contributed by atoms with Crippen LogP contribution in [0.1, 0.15) is 68.2 Å². The van der Waals surface area contributed by atoms with Gasteiger partial charge in [0.2, 0.25) is 0 Å². The van der Waals surface area contributed by atoms with E-state index in [9.17, 15) is 4.79 Å². The van der Waals surface area contributed by atoms with E-state index in [0.29, 0.717) is 19.6 Å². The highest BCUT2D eigenvalue weighted by Crippen LogP contribution is 2.56. The van der Waals surface area contributed by atoms with Gasteiger partial charge in [-0.1, -0.05) is 48.5 Å². The molecule has 4 heteroatoms. The van der Waals surface area contributed by atoms with E-state index >= 15 is 4.39 Å². The molecule has 3 nitrogen and oxygen atoms in total. The highest BCUT2D eigenvalue weighted by Gasteiger charge is 2.61. The summed E-state index contributed by atoms with van der Waals surface area (Å²) in [7, 11) is 1.85. The van der Waals surface area contributed by atoms with Crippen LogP contribution in [0.2, 0.25) is 0 Å². The summed E-state index contributed by atoms with van der Waals surface area (Å²) in [5, 5.41) is 0. The number of esters is 1. The number of carbonyl (C=O) groups excluding carboxylic acids is 1. The van der Waals surface area contributed by atoms with Gasteiger partial charge in [-0.3, -0.25) is 9.69 Å². The van der Waals surface area contributed by atoms with Crippen LogP contribution in [0.3, 0.4) is 0 Å². The van der Waals surface area contributed by atoms with Gasteiger partial charge in [0.05, 0.1) is 12.0 Å². The maximum absolute atomic E-state index is 16.6. The van der Waals surface area contributed by atoms with Crippen molar-refractivity contribution in [1.82, 2.24) is 4.90 Å². The Balaban J connectivity index is 3.32. The van der Waals surface area contributed by atoms with E-state index in [2.05, 4.69) is 0 Å². The van der Waals surface area contributed by atoms with Crippen molar-refractivity contribution in [2.45, 2.75) is 74.0 Å². The van der Waals surface area contributed by atoms with Crippen LogP contribution in [-0.2, 0) is 9.53 Å². The fourth-order valence-corrected chi connectivity index (χ4v) is 4.43. The van der Waals surface area contributed by atoms with Crippen LogP contribution in [0.15, 0.2) is 0 Å². The van der Waals surface area contributed by atoms with Crippen LogP contribution < -0.4 is 0 Å². The second kappa shape index (κ2) is 6.34. The fourth-order valence-electron chi connectivity index (χ4n) is 4.43. The van der Waals surface area contributed by atoms with Crippen LogP contribution in [0.25, 0.3) is 0 Å². The molecule has 0 aromatic rings. The van der Waals surface area contributed by atoms with Gasteiger partial charge in [-0.05, 0) is 33.4 Å². The fraction of sp³-hybridized carbons (Fsp3) is 0.947. The van der Waals surface area contributed by atoms with Gasteiger partial charge < -0.3 is 4.74 Å². The van der Waals surface area contributed by atoms with E-state index in [1.165, 1.54) is 0 Å². The monoisotopic (exact) mass is 329 g/mol. The first-order chi connectivity index (χ1) is 10.3. The van der Waals surface area contributed by atoms with Crippen molar-refractivity contribution in [2.75, 3.05) is 20.2 Å². The van der Waals surface area contributed by atoms with E-state index in [4.69, 9.17) is 4.74 Å². The first kappa shape index (κ1) is 20.4. The molecule has 1 heterocycles. The molecule has 0 radical (unpaired) electrons. The maximum atomic E-state index is 16.6. The van der Waals surface area contributed by atoms with E-state index in [1.807, 2.05) is 67.3 Å². The average molecular weight is 330 g/mol. The number of halogens is 1. The molecular weight excluding hydrogens is 293 g/mol. The zero-order chi connectivity index (χ0) is 18.3. The summed E-state index contributed by atoms with van der Waals surface area (Å²) < 4.78 is 21.9. The Bertz CT molecular complexity index is 449. The van der Waals surface area contributed by atoms with Crippen molar-refractivity contribution in [3.8, 4) is 0 Å². The lowest BCUT2D eigenvalue weighted by Crippen LogP contribution is -2.63. The summed E-state index contributed by atoms with van der Waals surface area (Å²) in [5.41, 5.74) is -1.84. The summed E-state index contributed by atoms with van der Waals surface area (Å²) in [5.74, 6) is -1.60. The number of carbonyl (C=O) groups is 1. The number of alkyl halides is 1. The minimum Gasteiger partial charge on any atom is -0.465 e. The van der Waals surface area contributed by atoms with Crippen molar-refractivity contribution in [3.05, 3.63) is 0 Å². The van der Waals surface area contributed by atoms with Crippen molar-refractivity contribution in [1.29, 1.82) is 0 Å². The minimum atomic E-state index is -1.52. The number of nitrogens with zero attached hydrogens (tertiary/aromatic N) is 1. The van der Waals surface area contributed by atoms with Crippen molar-refractivity contribution >= 4 is 5.97 Å². The number of hydrogen-bond donors (Lipinski definition) is 0. The zero-order valence-corrected chi connectivity index (χ0v) is 16.5. The molecule has 136 valence electrons. The van der Waals surface area contributed by atoms with Gasteiger partial charge >= 0.3 is 5.97 Å². The van der Waals surface area contributed by atoms with E-state index in [1.54, 1.807) is 0 Å². The molecule has 0 aliphatic carbocycles. The normalized spacial score (nSPS) is 28.8. The molecule has 3 atom stereocenters. The molecule has 1 fully saturated rings. The van der Waals surface area contributed by atoms with Gasteiger partial charge in [0.15, 0.2) is 5.79 Å². The van der Waals surface area contributed by atoms with E-state index in [0.717, 1.165) is 6.42 Å². The zero-order valence-electron chi connectivity index (χ0n) is 16.5. The molecule has 1 aliphatic rings. The lowest BCUT2D eigenvalue weighted by atomic mass is 9.59. The van der Waals surface area contributed by atoms with Gasteiger partial charge in [0.25, 0.3) is 0 Å². The third-order valence-electron chi connectivity index (χ3n) is 6.51. The highest BCUT2D eigenvalue weighted by atomic mass is 19.1. The summed E-state index contributed by atoms with van der Waals surface area (Å²) in [6.07, 6.45) is 1.21. The second-order valence-electron chi connectivity index (χ2n) is 8.85. The molecule has 0 N–H and O–H groups in total. The van der Waals surface area contributed by atoms with Gasteiger partial charge in [0, 0.05) is 16.7 Å². The SMILES string of the molecule is CCN(C)C(F)(C(C)(C)CC)C(C)(C)CC1(C)C(=O)OCC1C. The molecule has 1 saturated heterocycles. The topological polar surface area (TPSA) is 29.5 Å². The second-order valence-corrected chi connectivity index (χ2v) is 8.85. The Labute approximate surface area is 142 Å². The molecule has 0 aromatic carbocycles. The number of rotatable bonds is 7. The quantitative estimate of drug-likeness (QED) is 0.503. The Kier molecular flexibility index (Phi) is 5.63. The first-order valence-electron chi connectivity index (χ1n) is 8.87. The average Bonchev–Trinajstić information content (AvgIpc) is 2.71. The standard InChI is InChI=1S/C19H36FNO2/c1-10-16(4,5)19(20,21(9)11-2)17(6,7)13-18(8)14(3)12-23-15(18)22/h14H,10-13H2,1-9H3. The molecule has 0 spiro atoms. The first-order valence-corrected chi connectivity index (χ1v) is 8.87. The van der Waals surface area contributed by atoms with E-state index in [-0.39, 0.29) is 11.9 Å². The number of cyclic esters (lactones) is 1. The molecule has 0 amide bonds. The summed E-state index contributed by atoms with van der Waals surface area (Å²) in [6.45, 7) is 16.9. The van der Waals surface area contributed by atoms with E-state index < -0.39 is 22.0 Å². The smallest absolute Gasteiger partial charge is 0.312 e. The predicted molar refractivity (Wildman–Crippen MR) is 92.8 cm³/mol. The van der Waals surface area contributed by atoms with Gasteiger partial charge in [-0.2, -0.15) is 0 Å². The predicted octanol–water partition coefficient (Wildman–Crippen LogP) is 4.66. The molecule has 23 heavy (non-hydrogen) atoms. The van der Waals surface area contributed by atoms with Crippen molar-refractivity contribution in [3.63, 3.8) is 0 Å². The summed E-state index contributed by atoms with van der Waals surface area (Å²) >= 11 is 0. The van der Waals surface area contributed by atoms with Gasteiger partial charge in [-0.25, -0.2) is 4.39 Å². The molecule has 3 unspecified atom stereocenters. The molecule has 1 rings (SSSR count). The van der Waals surface area contributed by atoms with Crippen molar-refractivity contribution in [2.24, 2.45) is 22.2 Å². The number of ether oxygens (including phenoxy) is 1. The lowest BCUT2D eigenvalue weighted by Gasteiger charge is -2.56. The van der Waals surface area contributed by atoms with Crippen LogP contribution >= 0.6 is 0 Å². The molecule has 0 bridgehead atoms. The Hall–Kier alpha value is -0.640. The molecule has 0 saturated carbocycles. The van der Waals surface area contributed by atoms with Gasteiger partial charge in [-0.15, -0.1) is 0 Å².